The lowest BCUT2D eigenvalue weighted by molar-refractivity contribution is 0.112. The first-order valence-corrected chi connectivity index (χ1v) is 5.66. The topological polar surface area (TPSA) is 20.3 Å². The number of nitrogens with zero attached hydrogens (tertiary/aromatic N) is 1. The average molecular weight is 224 g/mol. The van der Waals surface area contributed by atoms with Crippen LogP contribution in [0.15, 0.2) is 18.2 Å². The maximum Gasteiger partial charge on any atom is 0.152 e. The van der Waals surface area contributed by atoms with Gasteiger partial charge in [0.05, 0.1) is 10.7 Å². The summed E-state index contributed by atoms with van der Waals surface area (Å²) in [4.78, 5) is 13.2. The Hall–Kier alpha value is -1.02. The van der Waals surface area contributed by atoms with Crippen molar-refractivity contribution in [1.82, 2.24) is 0 Å². The van der Waals surface area contributed by atoms with Gasteiger partial charge in [0, 0.05) is 18.2 Å². The predicted octanol–water partition coefficient (Wildman–Crippen LogP) is 3.14. The molecule has 0 unspecified atom stereocenters. The van der Waals surface area contributed by atoms with Gasteiger partial charge in [-0.15, -0.1) is 0 Å². The van der Waals surface area contributed by atoms with Crippen LogP contribution in [0, 0.1) is 0 Å². The molecule has 0 aromatic heterocycles. The highest BCUT2D eigenvalue weighted by atomic mass is 35.5. The molecule has 1 saturated carbocycles. The Balaban J connectivity index is 2.43. The Morgan fingerprint density at radius 1 is 1.53 bits per heavy atom. The Bertz CT molecular complexity index is 374. The Labute approximate surface area is 94.8 Å². The monoisotopic (exact) mass is 223 g/mol. The van der Waals surface area contributed by atoms with Gasteiger partial charge in [0.15, 0.2) is 6.29 Å². The third-order valence-electron chi connectivity index (χ3n) is 2.76. The largest absolute Gasteiger partial charge is 0.367 e. The molecule has 0 aliphatic heterocycles. The Morgan fingerprint density at radius 3 is 2.80 bits per heavy atom. The van der Waals surface area contributed by atoms with E-state index in [1.54, 1.807) is 0 Å². The van der Waals surface area contributed by atoms with Crippen molar-refractivity contribution in [2.24, 2.45) is 0 Å². The highest BCUT2D eigenvalue weighted by molar-refractivity contribution is 6.34. The van der Waals surface area contributed by atoms with Gasteiger partial charge >= 0.3 is 0 Å². The summed E-state index contributed by atoms with van der Waals surface area (Å²) >= 11 is 6.15. The van der Waals surface area contributed by atoms with Gasteiger partial charge < -0.3 is 4.90 Å². The lowest BCUT2D eigenvalue weighted by Crippen LogP contribution is -2.26. The minimum Gasteiger partial charge on any atom is -0.367 e. The van der Waals surface area contributed by atoms with E-state index in [9.17, 15) is 4.79 Å². The molecule has 0 saturated heterocycles. The first kappa shape index (κ1) is 10.5. The SMILES string of the molecule is CCN(c1c(Cl)cccc1C=O)C1CC1. The number of carbonyl (C=O) groups excluding carboxylic acids is 1. The third kappa shape index (κ3) is 2.00. The molecule has 0 heterocycles. The molecular formula is C12H14ClNO. The van der Waals surface area contributed by atoms with Crippen LogP contribution in [0.4, 0.5) is 5.69 Å². The molecule has 0 bridgehead atoms. The van der Waals surface area contributed by atoms with E-state index in [1.807, 2.05) is 18.2 Å². The molecule has 1 aromatic rings. The molecule has 3 heteroatoms. The minimum atomic E-state index is 0.577. The highest BCUT2D eigenvalue weighted by Crippen LogP contribution is 2.37. The van der Waals surface area contributed by atoms with E-state index in [2.05, 4.69) is 11.8 Å². The molecule has 2 nitrogen and oxygen atoms in total. The van der Waals surface area contributed by atoms with Crippen molar-refractivity contribution in [3.63, 3.8) is 0 Å². The van der Waals surface area contributed by atoms with Gasteiger partial charge in [-0.25, -0.2) is 0 Å². The minimum absolute atomic E-state index is 0.577. The Kier molecular flexibility index (Phi) is 2.96. The second-order valence-corrected chi connectivity index (χ2v) is 4.22. The summed E-state index contributed by atoms with van der Waals surface area (Å²) in [6.07, 6.45) is 3.29. The second kappa shape index (κ2) is 4.23. The van der Waals surface area contributed by atoms with E-state index in [0.717, 1.165) is 18.5 Å². The standard InChI is InChI=1S/C12H14ClNO/c1-2-14(10-6-7-10)12-9(8-15)4-3-5-11(12)13/h3-5,8,10H,2,6-7H2,1H3. The van der Waals surface area contributed by atoms with E-state index in [4.69, 9.17) is 11.6 Å². The fraction of sp³-hybridized carbons (Fsp3) is 0.417. The third-order valence-corrected chi connectivity index (χ3v) is 3.07. The molecule has 2 rings (SSSR count). The number of carbonyl (C=O) groups is 1. The van der Waals surface area contributed by atoms with Crippen LogP contribution in [0.2, 0.25) is 5.02 Å². The number of hydrogen-bond acceptors (Lipinski definition) is 2. The summed E-state index contributed by atoms with van der Waals surface area (Å²) in [6, 6.07) is 6.05. The van der Waals surface area contributed by atoms with E-state index in [0.29, 0.717) is 16.6 Å². The molecule has 0 spiro atoms. The lowest BCUT2D eigenvalue weighted by Gasteiger charge is -2.25. The van der Waals surface area contributed by atoms with Gasteiger partial charge in [-0.05, 0) is 31.9 Å². The van der Waals surface area contributed by atoms with Gasteiger partial charge in [0.2, 0.25) is 0 Å². The zero-order valence-corrected chi connectivity index (χ0v) is 9.50. The maximum absolute atomic E-state index is 11.0. The van der Waals surface area contributed by atoms with E-state index in [-0.39, 0.29) is 0 Å². The van der Waals surface area contributed by atoms with Crippen molar-refractivity contribution in [1.29, 1.82) is 0 Å². The molecule has 1 aliphatic rings. The van der Waals surface area contributed by atoms with Crippen molar-refractivity contribution in [2.45, 2.75) is 25.8 Å². The van der Waals surface area contributed by atoms with Crippen LogP contribution in [0.25, 0.3) is 0 Å². The van der Waals surface area contributed by atoms with Crippen LogP contribution in [0.5, 0.6) is 0 Å². The number of para-hydroxylation sites is 1. The van der Waals surface area contributed by atoms with Gasteiger partial charge in [-0.1, -0.05) is 17.7 Å². The highest BCUT2D eigenvalue weighted by Gasteiger charge is 2.30. The molecule has 0 radical (unpaired) electrons. The Morgan fingerprint density at radius 2 is 2.27 bits per heavy atom. The van der Waals surface area contributed by atoms with Crippen LogP contribution in [-0.2, 0) is 0 Å². The summed E-state index contributed by atoms with van der Waals surface area (Å²) in [5, 5.41) is 0.674. The van der Waals surface area contributed by atoms with Crippen molar-refractivity contribution in [3.05, 3.63) is 28.8 Å². The van der Waals surface area contributed by atoms with Gasteiger partial charge in [-0.3, -0.25) is 4.79 Å². The quantitative estimate of drug-likeness (QED) is 0.731. The first-order chi connectivity index (χ1) is 7.27. The number of aldehydes is 1. The van der Waals surface area contributed by atoms with E-state index >= 15 is 0 Å². The molecule has 0 atom stereocenters. The number of rotatable bonds is 4. The molecular weight excluding hydrogens is 210 g/mol. The number of anilines is 1. The fourth-order valence-electron chi connectivity index (χ4n) is 1.92. The summed E-state index contributed by atoms with van der Waals surface area (Å²) in [5.41, 5.74) is 1.59. The van der Waals surface area contributed by atoms with E-state index in [1.165, 1.54) is 12.8 Å². The van der Waals surface area contributed by atoms with Crippen molar-refractivity contribution < 1.29 is 4.79 Å². The molecule has 0 amide bonds. The van der Waals surface area contributed by atoms with Crippen LogP contribution in [0.3, 0.4) is 0 Å². The van der Waals surface area contributed by atoms with Crippen molar-refractivity contribution in [2.75, 3.05) is 11.4 Å². The lowest BCUT2D eigenvalue weighted by atomic mass is 10.1. The molecule has 1 aromatic carbocycles. The van der Waals surface area contributed by atoms with Crippen LogP contribution in [-0.4, -0.2) is 18.9 Å². The van der Waals surface area contributed by atoms with Crippen LogP contribution in [0.1, 0.15) is 30.1 Å². The average Bonchev–Trinajstić information content (AvgIpc) is 3.05. The number of hydrogen-bond donors (Lipinski definition) is 0. The van der Waals surface area contributed by atoms with Crippen molar-refractivity contribution in [3.8, 4) is 0 Å². The number of benzene rings is 1. The zero-order valence-electron chi connectivity index (χ0n) is 8.74. The molecule has 80 valence electrons. The summed E-state index contributed by atoms with van der Waals surface area (Å²) < 4.78 is 0. The van der Waals surface area contributed by atoms with Crippen LogP contribution < -0.4 is 4.90 Å². The van der Waals surface area contributed by atoms with Gasteiger partial charge in [0.25, 0.3) is 0 Å². The van der Waals surface area contributed by atoms with Crippen LogP contribution >= 0.6 is 11.6 Å². The maximum atomic E-state index is 11.0. The first-order valence-electron chi connectivity index (χ1n) is 5.28. The molecule has 1 aliphatic carbocycles. The van der Waals surface area contributed by atoms with Crippen molar-refractivity contribution >= 4 is 23.6 Å². The van der Waals surface area contributed by atoms with Gasteiger partial charge in [0.1, 0.15) is 0 Å². The van der Waals surface area contributed by atoms with E-state index < -0.39 is 0 Å². The second-order valence-electron chi connectivity index (χ2n) is 3.81. The molecule has 0 N–H and O–H groups in total. The summed E-state index contributed by atoms with van der Waals surface area (Å²) in [5.74, 6) is 0. The van der Waals surface area contributed by atoms with Gasteiger partial charge in [-0.2, -0.15) is 0 Å². The summed E-state index contributed by atoms with van der Waals surface area (Å²) in [6.45, 7) is 2.99. The molecule has 15 heavy (non-hydrogen) atoms. The fourth-order valence-corrected chi connectivity index (χ4v) is 2.21. The summed E-state index contributed by atoms with van der Waals surface area (Å²) in [7, 11) is 0. The smallest absolute Gasteiger partial charge is 0.152 e. The zero-order chi connectivity index (χ0) is 10.8. The number of halogens is 1. The normalized spacial score (nSPS) is 15.1. The molecule has 1 fully saturated rings. The predicted molar refractivity (Wildman–Crippen MR) is 62.9 cm³/mol.